The third-order valence-electron chi connectivity index (χ3n) is 2.21. The van der Waals surface area contributed by atoms with Crippen LogP contribution in [0.4, 0.5) is 5.82 Å². The number of anilines is 1. The van der Waals surface area contributed by atoms with Crippen LogP contribution in [0.3, 0.4) is 0 Å². The highest BCUT2D eigenvalue weighted by Crippen LogP contribution is 2.16. The van der Waals surface area contributed by atoms with Gasteiger partial charge in [-0.15, -0.1) is 11.3 Å². The number of carbonyl (C=O) groups excluding carboxylic acids is 1. The van der Waals surface area contributed by atoms with Crippen molar-refractivity contribution >= 4 is 23.1 Å². The Morgan fingerprint density at radius 3 is 2.94 bits per heavy atom. The van der Waals surface area contributed by atoms with E-state index in [1.807, 2.05) is 17.5 Å². The fraction of sp³-hybridized carbons (Fsp3) is 0.273. The Morgan fingerprint density at radius 1 is 1.56 bits per heavy atom. The summed E-state index contributed by atoms with van der Waals surface area (Å²) < 4.78 is 0. The number of carbonyl (C=O) groups is 1. The Balaban J connectivity index is 2.07. The number of nitrogens with zero attached hydrogens (tertiary/aromatic N) is 1. The van der Waals surface area contributed by atoms with Gasteiger partial charge in [0, 0.05) is 11.8 Å². The average Bonchev–Trinajstić information content (AvgIpc) is 2.87. The van der Waals surface area contributed by atoms with Crippen LogP contribution in [-0.2, 0) is 0 Å². The Hall–Kier alpha value is -1.62. The van der Waals surface area contributed by atoms with Crippen molar-refractivity contribution in [2.75, 3.05) is 5.32 Å². The van der Waals surface area contributed by atoms with Gasteiger partial charge in [0.05, 0.1) is 4.88 Å². The van der Waals surface area contributed by atoms with Crippen molar-refractivity contribution in [2.45, 2.75) is 19.8 Å². The fourth-order valence-electron chi connectivity index (χ4n) is 1.28. The molecule has 0 bridgehead atoms. The smallest absolute Gasteiger partial charge is 0.266 e. The molecule has 0 radical (unpaired) electrons. The van der Waals surface area contributed by atoms with Gasteiger partial charge in [-0.25, -0.2) is 0 Å². The Kier molecular flexibility index (Phi) is 3.05. The van der Waals surface area contributed by atoms with Gasteiger partial charge >= 0.3 is 0 Å². The topological polar surface area (TPSA) is 57.8 Å². The summed E-state index contributed by atoms with van der Waals surface area (Å²) in [6.45, 7) is 4.14. The zero-order valence-corrected chi connectivity index (χ0v) is 9.97. The second-order valence-corrected chi connectivity index (χ2v) is 4.74. The molecule has 5 heteroatoms. The van der Waals surface area contributed by atoms with Gasteiger partial charge < -0.3 is 5.32 Å². The molecule has 2 aromatic rings. The van der Waals surface area contributed by atoms with Crippen LogP contribution in [0.5, 0.6) is 0 Å². The van der Waals surface area contributed by atoms with Gasteiger partial charge in [-0.05, 0) is 17.4 Å². The number of amides is 1. The Morgan fingerprint density at radius 2 is 2.38 bits per heavy atom. The van der Waals surface area contributed by atoms with E-state index >= 15 is 0 Å². The Labute approximate surface area is 97.7 Å². The van der Waals surface area contributed by atoms with E-state index in [0.29, 0.717) is 16.6 Å². The lowest BCUT2D eigenvalue weighted by Gasteiger charge is -1.98. The minimum Gasteiger partial charge on any atom is -0.304 e. The zero-order valence-electron chi connectivity index (χ0n) is 9.15. The fourth-order valence-corrected chi connectivity index (χ4v) is 1.90. The predicted molar refractivity (Wildman–Crippen MR) is 64.9 cm³/mol. The lowest BCUT2D eigenvalue weighted by molar-refractivity contribution is 0.103. The molecule has 0 aromatic carbocycles. The maximum absolute atomic E-state index is 11.7. The minimum atomic E-state index is -0.114. The van der Waals surface area contributed by atoms with Crippen molar-refractivity contribution < 1.29 is 4.79 Å². The third kappa shape index (κ3) is 2.30. The lowest BCUT2D eigenvalue weighted by Crippen LogP contribution is -2.10. The predicted octanol–water partition coefficient (Wildman–Crippen LogP) is 2.85. The van der Waals surface area contributed by atoms with Gasteiger partial charge in [-0.2, -0.15) is 5.10 Å². The maximum Gasteiger partial charge on any atom is 0.266 e. The van der Waals surface area contributed by atoms with Crippen LogP contribution >= 0.6 is 11.3 Å². The highest BCUT2D eigenvalue weighted by atomic mass is 32.1. The molecule has 2 aromatic heterocycles. The van der Waals surface area contributed by atoms with E-state index in [1.54, 1.807) is 6.07 Å². The molecule has 2 heterocycles. The first-order valence-corrected chi connectivity index (χ1v) is 5.95. The zero-order chi connectivity index (χ0) is 11.5. The molecule has 0 aliphatic carbocycles. The van der Waals surface area contributed by atoms with Gasteiger partial charge in [-0.1, -0.05) is 19.9 Å². The summed E-state index contributed by atoms with van der Waals surface area (Å²) in [5.74, 6) is 0.832. The first-order valence-electron chi connectivity index (χ1n) is 5.07. The quantitative estimate of drug-likeness (QED) is 0.859. The summed E-state index contributed by atoms with van der Waals surface area (Å²) in [6.07, 6.45) is 0. The number of hydrogen-bond acceptors (Lipinski definition) is 3. The molecule has 2 N–H and O–H groups in total. The molecule has 0 aliphatic heterocycles. The molecule has 0 aliphatic rings. The summed E-state index contributed by atoms with van der Waals surface area (Å²) in [7, 11) is 0. The van der Waals surface area contributed by atoms with Crippen LogP contribution in [0.1, 0.15) is 35.1 Å². The van der Waals surface area contributed by atoms with E-state index in [-0.39, 0.29) is 5.91 Å². The standard InChI is InChI=1S/C11H13N3OS/c1-7(2)8-6-10(14-13-8)12-11(15)9-4-3-5-16-9/h3-7H,1-2H3,(H2,12,13,14,15). The number of thiophene rings is 1. The van der Waals surface area contributed by atoms with Crippen molar-refractivity contribution in [3.05, 3.63) is 34.2 Å². The molecule has 84 valence electrons. The van der Waals surface area contributed by atoms with Crippen molar-refractivity contribution in [1.82, 2.24) is 10.2 Å². The van der Waals surface area contributed by atoms with Crippen LogP contribution in [0.25, 0.3) is 0 Å². The number of aromatic nitrogens is 2. The normalized spacial score (nSPS) is 10.7. The summed E-state index contributed by atoms with van der Waals surface area (Å²) in [5, 5.41) is 11.6. The number of hydrogen-bond donors (Lipinski definition) is 2. The van der Waals surface area contributed by atoms with Crippen LogP contribution in [-0.4, -0.2) is 16.1 Å². The first-order chi connectivity index (χ1) is 7.66. The molecule has 4 nitrogen and oxygen atoms in total. The number of nitrogens with one attached hydrogen (secondary N) is 2. The first kappa shape index (κ1) is 10.9. The molecule has 0 unspecified atom stereocenters. The van der Waals surface area contributed by atoms with Gasteiger partial charge in [-0.3, -0.25) is 9.89 Å². The monoisotopic (exact) mass is 235 g/mol. The van der Waals surface area contributed by atoms with Gasteiger partial charge in [0.1, 0.15) is 0 Å². The van der Waals surface area contributed by atoms with E-state index in [0.717, 1.165) is 5.69 Å². The van der Waals surface area contributed by atoms with Gasteiger partial charge in [0.15, 0.2) is 5.82 Å². The third-order valence-corrected chi connectivity index (χ3v) is 3.07. The lowest BCUT2D eigenvalue weighted by atomic mass is 10.1. The molecule has 0 spiro atoms. The van der Waals surface area contributed by atoms with Crippen molar-refractivity contribution in [3.8, 4) is 0 Å². The van der Waals surface area contributed by atoms with Gasteiger partial charge in [0.2, 0.25) is 0 Å². The second kappa shape index (κ2) is 4.49. The van der Waals surface area contributed by atoms with Crippen molar-refractivity contribution in [3.63, 3.8) is 0 Å². The number of rotatable bonds is 3. The van der Waals surface area contributed by atoms with Crippen molar-refractivity contribution in [2.24, 2.45) is 0 Å². The summed E-state index contributed by atoms with van der Waals surface area (Å²) >= 11 is 1.41. The van der Waals surface area contributed by atoms with E-state index in [1.165, 1.54) is 11.3 Å². The SMILES string of the molecule is CC(C)c1cc(NC(=O)c2cccs2)n[nH]1. The molecule has 0 fully saturated rings. The van der Waals surface area contributed by atoms with E-state index in [2.05, 4.69) is 29.4 Å². The van der Waals surface area contributed by atoms with Crippen LogP contribution < -0.4 is 5.32 Å². The van der Waals surface area contributed by atoms with E-state index in [9.17, 15) is 4.79 Å². The molecular formula is C11H13N3OS. The highest BCUT2D eigenvalue weighted by Gasteiger charge is 2.10. The molecule has 16 heavy (non-hydrogen) atoms. The van der Waals surface area contributed by atoms with E-state index in [4.69, 9.17) is 0 Å². The second-order valence-electron chi connectivity index (χ2n) is 3.79. The summed E-state index contributed by atoms with van der Waals surface area (Å²) in [5.41, 5.74) is 1.02. The molecule has 0 saturated carbocycles. The van der Waals surface area contributed by atoms with Crippen LogP contribution in [0, 0.1) is 0 Å². The maximum atomic E-state index is 11.7. The molecular weight excluding hydrogens is 222 g/mol. The minimum absolute atomic E-state index is 0.114. The van der Waals surface area contributed by atoms with Crippen LogP contribution in [0.2, 0.25) is 0 Å². The number of H-pyrrole nitrogens is 1. The molecule has 0 atom stereocenters. The summed E-state index contributed by atoms with van der Waals surface area (Å²) in [6, 6.07) is 5.50. The van der Waals surface area contributed by atoms with Gasteiger partial charge in [0.25, 0.3) is 5.91 Å². The molecule has 2 rings (SSSR count). The van der Waals surface area contributed by atoms with Crippen LogP contribution in [0.15, 0.2) is 23.6 Å². The molecule has 1 amide bonds. The Bertz CT molecular complexity index is 473. The average molecular weight is 235 g/mol. The molecule has 0 saturated heterocycles. The number of aromatic amines is 1. The highest BCUT2D eigenvalue weighted by molar-refractivity contribution is 7.12. The van der Waals surface area contributed by atoms with Crippen molar-refractivity contribution in [1.29, 1.82) is 0 Å². The largest absolute Gasteiger partial charge is 0.304 e. The summed E-state index contributed by atoms with van der Waals surface area (Å²) in [4.78, 5) is 12.4. The van der Waals surface area contributed by atoms with E-state index < -0.39 is 0 Å².